The zero-order valence-electron chi connectivity index (χ0n) is 10.2. The minimum atomic E-state index is 0.703. The molecule has 1 aromatic carbocycles. The molecule has 1 aromatic heterocycles. The zero-order chi connectivity index (χ0) is 12.3. The molecule has 2 N–H and O–H groups in total. The van der Waals surface area contributed by atoms with Crippen LogP contribution < -0.4 is 5.73 Å². The molecule has 3 nitrogen and oxygen atoms in total. The maximum Gasteiger partial charge on any atom is 0.0629 e. The van der Waals surface area contributed by atoms with Crippen molar-refractivity contribution in [3.8, 4) is 0 Å². The molecule has 0 amide bonds. The van der Waals surface area contributed by atoms with E-state index >= 15 is 0 Å². The van der Waals surface area contributed by atoms with Crippen molar-refractivity contribution in [2.75, 3.05) is 6.54 Å². The highest BCUT2D eigenvalue weighted by atomic mass is 32.2. The van der Waals surface area contributed by atoms with Crippen molar-refractivity contribution in [3.05, 3.63) is 41.7 Å². The first kappa shape index (κ1) is 12.2. The van der Waals surface area contributed by atoms with Crippen LogP contribution in [0.2, 0.25) is 0 Å². The molecule has 0 aliphatic carbocycles. The molecule has 2 aromatic rings. The van der Waals surface area contributed by atoms with Gasteiger partial charge in [-0.25, -0.2) is 0 Å². The number of aromatic nitrogens is 2. The Morgan fingerprint density at radius 2 is 2.24 bits per heavy atom. The summed E-state index contributed by atoms with van der Waals surface area (Å²) < 4.78 is 1.82. The molecule has 1 heterocycles. The Morgan fingerprint density at radius 1 is 1.41 bits per heavy atom. The van der Waals surface area contributed by atoms with E-state index < -0.39 is 0 Å². The third-order valence-electron chi connectivity index (χ3n) is 2.58. The van der Waals surface area contributed by atoms with Gasteiger partial charge in [0.15, 0.2) is 0 Å². The molecule has 0 aliphatic rings. The maximum absolute atomic E-state index is 5.56. The Bertz CT molecular complexity index is 505. The van der Waals surface area contributed by atoms with E-state index in [0.717, 1.165) is 6.42 Å². The quantitative estimate of drug-likeness (QED) is 0.902. The Morgan fingerprint density at radius 3 is 2.82 bits per heavy atom. The van der Waals surface area contributed by atoms with Crippen molar-refractivity contribution in [3.63, 3.8) is 0 Å². The highest BCUT2D eigenvalue weighted by molar-refractivity contribution is 7.99. The number of nitrogens with zero attached hydrogens (tertiary/aromatic N) is 2. The number of hydrogen-bond donors (Lipinski definition) is 1. The van der Waals surface area contributed by atoms with Crippen molar-refractivity contribution in [1.82, 2.24) is 9.78 Å². The smallest absolute Gasteiger partial charge is 0.0629 e. The predicted octanol–water partition coefficient (Wildman–Crippen LogP) is 2.38. The summed E-state index contributed by atoms with van der Waals surface area (Å²) in [6.45, 7) is 2.84. The van der Waals surface area contributed by atoms with Gasteiger partial charge in [0, 0.05) is 18.1 Å². The van der Waals surface area contributed by atoms with E-state index in [1.54, 1.807) is 11.8 Å². The van der Waals surface area contributed by atoms with Crippen LogP contribution in [-0.2, 0) is 13.5 Å². The second-order valence-corrected chi connectivity index (χ2v) is 5.21. The third kappa shape index (κ3) is 3.11. The van der Waals surface area contributed by atoms with Gasteiger partial charge in [-0.2, -0.15) is 5.10 Å². The van der Waals surface area contributed by atoms with Crippen molar-refractivity contribution in [2.45, 2.75) is 23.1 Å². The van der Waals surface area contributed by atoms with Crippen LogP contribution in [0, 0.1) is 6.92 Å². The molecule has 0 saturated carbocycles. The van der Waals surface area contributed by atoms with Gasteiger partial charge in [-0.3, -0.25) is 4.68 Å². The van der Waals surface area contributed by atoms with Gasteiger partial charge in [-0.05, 0) is 37.1 Å². The molecule has 90 valence electrons. The van der Waals surface area contributed by atoms with Gasteiger partial charge < -0.3 is 5.73 Å². The molecule has 2 rings (SSSR count). The van der Waals surface area contributed by atoms with E-state index in [-0.39, 0.29) is 0 Å². The van der Waals surface area contributed by atoms with E-state index in [0.29, 0.717) is 6.54 Å². The van der Waals surface area contributed by atoms with Crippen molar-refractivity contribution in [1.29, 1.82) is 0 Å². The fraction of sp³-hybridized carbons (Fsp3) is 0.308. The van der Waals surface area contributed by atoms with Crippen LogP contribution in [0.5, 0.6) is 0 Å². The highest BCUT2D eigenvalue weighted by Gasteiger charge is 2.04. The predicted molar refractivity (Wildman–Crippen MR) is 71.3 cm³/mol. The Hall–Kier alpha value is -1.26. The van der Waals surface area contributed by atoms with Gasteiger partial charge in [0.25, 0.3) is 0 Å². The summed E-state index contributed by atoms with van der Waals surface area (Å²) in [7, 11) is 1.93. The molecular formula is C13H17N3S. The zero-order valence-corrected chi connectivity index (χ0v) is 11.0. The van der Waals surface area contributed by atoms with Gasteiger partial charge in [0.1, 0.15) is 0 Å². The van der Waals surface area contributed by atoms with Gasteiger partial charge in [-0.15, -0.1) is 0 Å². The SMILES string of the molecule is Cc1cc(CCN)ccc1Sc1cnn(C)c1. The van der Waals surface area contributed by atoms with E-state index in [2.05, 4.69) is 30.2 Å². The first-order valence-electron chi connectivity index (χ1n) is 5.65. The molecule has 0 radical (unpaired) electrons. The average molecular weight is 247 g/mol. The number of benzene rings is 1. The van der Waals surface area contributed by atoms with E-state index in [1.165, 1.54) is 20.9 Å². The largest absolute Gasteiger partial charge is 0.330 e. The molecule has 0 fully saturated rings. The molecule has 0 saturated heterocycles. The average Bonchev–Trinajstić information content (AvgIpc) is 2.69. The lowest BCUT2D eigenvalue weighted by atomic mass is 10.1. The molecule has 0 bridgehead atoms. The summed E-state index contributed by atoms with van der Waals surface area (Å²) >= 11 is 1.75. The number of hydrogen-bond acceptors (Lipinski definition) is 3. The summed E-state index contributed by atoms with van der Waals surface area (Å²) in [5.41, 5.74) is 8.16. The minimum absolute atomic E-state index is 0.703. The van der Waals surface area contributed by atoms with Crippen molar-refractivity contribution < 1.29 is 0 Å². The maximum atomic E-state index is 5.56. The van der Waals surface area contributed by atoms with Crippen LogP contribution in [0.15, 0.2) is 40.4 Å². The highest BCUT2D eigenvalue weighted by Crippen LogP contribution is 2.30. The summed E-state index contributed by atoms with van der Waals surface area (Å²) in [4.78, 5) is 2.45. The monoisotopic (exact) mass is 247 g/mol. The van der Waals surface area contributed by atoms with Crippen LogP contribution in [0.3, 0.4) is 0 Å². The second kappa shape index (κ2) is 5.38. The van der Waals surface area contributed by atoms with Gasteiger partial charge in [0.05, 0.1) is 11.1 Å². The molecule has 0 spiro atoms. The molecule has 17 heavy (non-hydrogen) atoms. The van der Waals surface area contributed by atoms with Crippen LogP contribution >= 0.6 is 11.8 Å². The van der Waals surface area contributed by atoms with Gasteiger partial charge >= 0.3 is 0 Å². The lowest BCUT2D eigenvalue weighted by Gasteiger charge is -2.06. The molecule has 4 heteroatoms. The minimum Gasteiger partial charge on any atom is -0.330 e. The van der Waals surface area contributed by atoms with Crippen LogP contribution in [0.1, 0.15) is 11.1 Å². The van der Waals surface area contributed by atoms with Crippen LogP contribution in [-0.4, -0.2) is 16.3 Å². The molecule has 0 atom stereocenters. The van der Waals surface area contributed by atoms with Crippen molar-refractivity contribution in [2.24, 2.45) is 12.8 Å². The topological polar surface area (TPSA) is 43.8 Å². The van der Waals surface area contributed by atoms with E-state index in [4.69, 9.17) is 5.73 Å². The standard InChI is InChI=1S/C13H17N3S/c1-10-7-11(5-6-14)3-4-13(10)17-12-8-15-16(2)9-12/h3-4,7-9H,5-6,14H2,1-2H3. The fourth-order valence-corrected chi connectivity index (χ4v) is 2.64. The number of rotatable bonds is 4. The summed E-state index contributed by atoms with van der Waals surface area (Å²) in [5.74, 6) is 0. The van der Waals surface area contributed by atoms with E-state index in [9.17, 15) is 0 Å². The Kier molecular flexibility index (Phi) is 3.86. The first-order chi connectivity index (χ1) is 8.19. The summed E-state index contributed by atoms with van der Waals surface area (Å²) in [5, 5.41) is 4.17. The van der Waals surface area contributed by atoms with Gasteiger partial charge in [0.2, 0.25) is 0 Å². The van der Waals surface area contributed by atoms with Crippen LogP contribution in [0.25, 0.3) is 0 Å². The summed E-state index contributed by atoms with van der Waals surface area (Å²) in [6.07, 6.45) is 4.86. The number of aryl methyl sites for hydroxylation is 2. The Balaban J connectivity index is 2.16. The molecule has 0 unspecified atom stereocenters. The first-order valence-corrected chi connectivity index (χ1v) is 6.47. The normalized spacial score (nSPS) is 10.8. The second-order valence-electron chi connectivity index (χ2n) is 4.09. The molecular weight excluding hydrogens is 230 g/mol. The van der Waals surface area contributed by atoms with E-state index in [1.807, 2.05) is 24.1 Å². The lowest BCUT2D eigenvalue weighted by Crippen LogP contribution is -2.02. The lowest BCUT2D eigenvalue weighted by molar-refractivity contribution is 0.766. The Labute approximate surface area is 106 Å². The number of nitrogens with two attached hydrogens (primary N) is 1. The van der Waals surface area contributed by atoms with Gasteiger partial charge in [-0.1, -0.05) is 23.9 Å². The van der Waals surface area contributed by atoms with Crippen molar-refractivity contribution >= 4 is 11.8 Å². The molecule has 0 aliphatic heterocycles. The van der Waals surface area contributed by atoms with Crippen LogP contribution in [0.4, 0.5) is 0 Å². The fourth-order valence-electron chi connectivity index (χ4n) is 1.73. The summed E-state index contributed by atoms with van der Waals surface area (Å²) in [6, 6.07) is 6.53. The third-order valence-corrected chi connectivity index (χ3v) is 3.71.